The van der Waals surface area contributed by atoms with Crippen LogP contribution in [0, 0.1) is 0 Å². The predicted octanol–water partition coefficient (Wildman–Crippen LogP) is 0.963. The smallest absolute Gasteiger partial charge is 0.480 e. The maximum Gasteiger partial charge on any atom is 0.498 e. The van der Waals surface area contributed by atoms with E-state index in [9.17, 15) is 52.8 Å². The average Bonchev–Trinajstić information content (AvgIpc) is 2.40. The number of esters is 1. The maximum atomic E-state index is 12.6. The first-order chi connectivity index (χ1) is 10.8. The van der Waals surface area contributed by atoms with Gasteiger partial charge in [-0.1, -0.05) is 15.9 Å². The summed E-state index contributed by atoms with van der Waals surface area (Å²) in [6, 6.07) is 0. The largest absolute Gasteiger partial charge is 0.498 e. The molecule has 148 valence electrons. The van der Waals surface area contributed by atoms with Crippen LogP contribution in [0.25, 0.3) is 0 Å². The summed E-state index contributed by atoms with van der Waals surface area (Å²) in [5.41, 5.74) is -13.0. The van der Waals surface area contributed by atoms with Crippen LogP contribution in [0.5, 0.6) is 0 Å². The molecule has 1 unspecified atom stereocenters. The van der Waals surface area contributed by atoms with E-state index in [1.165, 1.54) is 0 Å². The van der Waals surface area contributed by atoms with Crippen LogP contribution in [0.3, 0.4) is 0 Å². The molecule has 1 atom stereocenters. The van der Waals surface area contributed by atoms with Crippen molar-refractivity contribution in [2.45, 2.75) is 26.3 Å². The Balaban J connectivity index is 6.69. The van der Waals surface area contributed by atoms with E-state index in [-0.39, 0.29) is 0 Å². The fourth-order valence-electron chi connectivity index (χ4n) is 1.33. The van der Waals surface area contributed by atoms with E-state index < -0.39 is 58.0 Å². The number of sulfone groups is 2. The summed E-state index contributed by atoms with van der Waals surface area (Å²) in [6.07, 6.45) is -2.46. The van der Waals surface area contributed by atoms with Gasteiger partial charge in [0.1, 0.15) is 0 Å². The molecule has 17 heteroatoms. The lowest BCUT2D eigenvalue weighted by molar-refractivity contribution is -0.153. The molecule has 1 N–H and O–H groups in total. The van der Waals surface area contributed by atoms with Gasteiger partial charge < -0.3 is 9.84 Å². The molecule has 0 spiro atoms. The Morgan fingerprint density at radius 3 is 1.52 bits per heavy atom. The van der Waals surface area contributed by atoms with Crippen molar-refractivity contribution in [2.75, 3.05) is 7.11 Å². The molecule has 0 aliphatic carbocycles. The minimum Gasteiger partial charge on any atom is -0.480 e. The minimum atomic E-state index is -7.10. The van der Waals surface area contributed by atoms with Crippen LogP contribution in [0.15, 0.2) is 0 Å². The van der Waals surface area contributed by atoms with Gasteiger partial charge in [0, 0.05) is 6.42 Å². The molecule has 0 saturated heterocycles. The van der Waals surface area contributed by atoms with E-state index in [1.807, 2.05) is 15.9 Å². The molecule has 0 radical (unpaired) electrons. The Bertz CT molecular complexity index is 710. The first kappa shape index (κ1) is 23.9. The van der Waals surface area contributed by atoms with Crippen molar-refractivity contribution in [3.63, 3.8) is 0 Å². The van der Waals surface area contributed by atoms with Crippen LogP contribution >= 0.6 is 15.9 Å². The summed E-state index contributed by atoms with van der Waals surface area (Å²) in [4.78, 5) is 22.4. The number of carboxylic acid groups (broad SMARTS) is 1. The van der Waals surface area contributed by atoms with Crippen LogP contribution in [-0.4, -0.2) is 60.9 Å². The fraction of sp³-hybridized carbons (Fsp3) is 0.750. The minimum absolute atomic E-state index is 0.479. The number of hydrogen-bond donors (Lipinski definition) is 1. The number of halogens is 7. The van der Waals surface area contributed by atoms with Gasteiger partial charge in [0.2, 0.25) is 4.32 Å². The lowest BCUT2D eigenvalue weighted by Gasteiger charge is -2.26. The van der Waals surface area contributed by atoms with Crippen LogP contribution in [-0.2, 0) is 34.0 Å². The Morgan fingerprint density at radius 2 is 1.32 bits per heavy atom. The number of alkyl halides is 7. The summed E-state index contributed by atoms with van der Waals surface area (Å²) < 4.78 is 117. The molecule has 8 nitrogen and oxygen atoms in total. The molecule has 0 aliphatic rings. The number of carbonyl (C=O) groups is 2. The molecule has 0 fully saturated rings. The summed E-state index contributed by atoms with van der Waals surface area (Å²) in [6.45, 7) is 0. The van der Waals surface area contributed by atoms with Gasteiger partial charge in [-0.2, -0.15) is 26.3 Å². The molecule has 25 heavy (non-hydrogen) atoms. The van der Waals surface area contributed by atoms with Gasteiger partial charge in [0.05, 0.1) is 7.11 Å². The zero-order valence-electron chi connectivity index (χ0n) is 11.6. The number of rotatable bonds is 6. The van der Waals surface area contributed by atoms with Crippen LogP contribution in [0.4, 0.5) is 26.3 Å². The molecule has 0 aliphatic heterocycles. The van der Waals surface area contributed by atoms with Crippen molar-refractivity contribution in [2.24, 2.45) is 0 Å². The second kappa shape index (κ2) is 6.90. The van der Waals surface area contributed by atoms with Crippen LogP contribution in [0.2, 0.25) is 0 Å². The summed E-state index contributed by atoms with van der Waals surface area (Å²) in [5.74, 6) is -4.50. The monoisotopic (exact) mass is 488 g/mol. The number of aliphatic carboxylic acids is 1. The van der Waals surface area contributed by atoms with Crippen molar-refractivity contribution in [1.82, 2.24) is 0 Å². The van der Waals surface area contributed by atoms with Crippen molar-refractivity contribution in [1.29, 1.82) is 0 Å². The molecule has 0 bridgehead atoms. The van der Waals surface area contributed by atoms with Crippen molar-refractivity contribution in [3.05, 3.63) is 0 Å². The molecule has 0 aromatic heterocycles. The number of carbonyl (C=O) groups excluding carboxylic acids is 1. The third-order valence-corrected chi connectivity index (χ3v) is 8.15. The highest BCUT2D eigenvalue weighted by atomic mass is 79.9. The molecule has 0 rings (SSSR count). The second-order valence-corrected chi connectivity index (χ2v) is 10.1. The van der Waals surface area contributed by atoms with Gasteiger partial charge in [-0.15, -0.1) is 0 Å². The highest BCUT2D eigenvalue weighted by Gasteiger charge is 2.66. The predicted molar refractivity (Wildman–Crippen MR) is 69.7 cm³/mol. The zero-order chi connectivity index (χ0) is 20.6. The summed E-state index contributed by atoms with van der Waals surface area (Å²) in [7, 11) is -13.7. The zero-order valence-corrected chi connectivity index (χ0v) is 14.8. The second-order valence-electron chi connectivity index (χ2n) is 4.21. The van der Waals surface area contributed by atoms with Crippen molar-refractivity contribution in [3.8, 4) is 0 Å². The molecule has 0 aromatic rings. The fourth-order valence-corrected chi connectivity index (χ4v) is 5.77. The van der Waals surface area contributed by atoms with Crippen LogP contribution < -0.4 is 0 Å². The Hall–Kier alpha value is -1.10. The van der Waals surface area contributed by atoms with E-state index in [4.69, 9.17) is 5.11 Å². The molecular formula is C8H7BrF6O8S2. The van der Waals surface area contributed by atoms with Crippen LogP contribution in [0.1, 0.15) is 6.42 Å². The molecule has 0 aromatic carbocycles. The third kappa shape index (κ3) is 4.36. The van der Waals surface area contributed by atoms with E-state index in [0.29, 0.717) is 7.11 Å². The van der Waals surface area contributed by atoms with E-state index in [0.717, 1.165) is 0 Å². The lowest BCUT2D eigenvalue weighted by Crippen LogP contribution is -2.52. The average molecular weight is 489 g/mol. The first-order valence-corrected chi connectivity index (χ1v) is 9.26. The Morgan fingerprint density at radius 1 is 1.00 bits per heavy atom. The Labute approximate surface area is 144 Å². The van der Waals surface area contributed by atoms with E-state index in [1.54, 1.807) is 0 Å². The van der Waals surface area contributed by atoms with E-state index in [2.05, 4.69) is 4.74 Å². The SMILES string of the molecule is COC(=O)C(Br)(CC(S(=O)(=O)C(F)(F)F)S(=O)(=O)C(F)(F)F)C(=O)O. The quantitative estimate of drug-likeness (QED) is 0.253. The number of carboxylic acids is 1. The topological polar surface area (TPSA) is 132 Å². The van der Waals surface area contributed by atoms with Crippen molar-refractivity contribution >= 4 is 47.5 Å². The lowest BCUT2D eigenvalue weighted by atomic mass is 10.1. The van der Waals surface area contributed by atoms with Crippen molar-refractivity contribution < 1.29 is 62.6 Å². The normalized spacial score (nSPS) is 16.4. The van der Waals surface area contributed by atoms with Gasteiger partial charge >= 0.3 is 23.0 Å². The highest BCUT2D eigenvalue weighted by Crippen LogP contribution is 2.41. The first-order valence-electron chi connectivity index (χ1n) is 5.38. The standard InChI is InChI=1S/C8H7BrF6O8S2/c1-23-5(18)6(9,4(16)17)2-3(24(19,20)7(10,11)12)25(21,22)8(13,14)15/h3H,2H2,1H3,(H,16,17). The van der Waals surface area contributed by atoms with Gasteiger partial charge in [0.25, 0.3) is 19.7 Å². The molecular weight excluding hydrogens is 482 g/mol. The third-order valence-electron chi connectivity index (χ3n) is 2.63. The van der Waals surface area contributed by atoms with E-state index >= 15 is 0 Å². The van der Waals surface area contributed by atoms with Gasteiger partial charge in [-0.25, -0.2) is 21.6 Å². The Kier molecular flexibility index (Phi) is 6.60. The maximum absolute atomic E-state index is 12.6. The van der Waals surface area contributed by atoms with Gasteiger partial charge in [0.15, 0.2) is 4.58 Å². The highest BCUT2D eigenvalue weighted by molar-refractivity contribution is 9.10. The number of methoxy groups -OCH3 is 1. The molecule has 0 amide bonds. The number of hydrogen-bond acceptors (Lipinski definition) is 7. The molecule has 0 heterocycles. The van der Waals surface area contributed by atoms with Gasteiger partial charge in [-0.3, -0.25) is 4.79 Å². The molecule has 0 saturated carbocycles. The summed E-state index contributed by atoms with van der Waals surface area (Å²) >= 11 is 1.96. The van der Waals surface area contributed by atoms with Gasteiger partial charge in [-0.05, 0) is 0 Å². The summed E-state index contributed by atoms with van der Waals surface area (Å²) in [5, 5.41) is 8.82. The number of ether oxygens (including phenoxy) is 1.